The van der Waals surface area contributed by atoms with Crippen LogP contribution in [0.15, 0.2) is 34.9 Å². The van der Waals surface area contributed by atoms with Crippen LogP contribution in [0.4, 0.5) is 0 Å². The Labute approximate surface area is 114 Å². The van der Waals surface area contributed by atoms with E-state index in [9.17, 15) is 0 Å². The number of nitrogens with zero attached hydrogens (tertiary/aromatic N) is 2. The van der Waals surface area contributed by atoms with Crippen LogP contribution in [-0.4, -0.2) is 16.7 Å². The fourth-order valence-electron chi connectivity index (χ4n) is 2.20. The molecule has 1 aromatic carbocycles. The fourth-order valence-corrected chi connectivity index (χ4v) is 2.20. The molecule has 2 atom stereocenters. The number of likely N-dealkylation sites (N-methyl/N-ethyl adjacent to an activating group) is 1. The topological polar surface area (TPSA) is 51.0 Å². The Morgan fingerprint density at radius 2 is 1.95 bits per heavy atom. The molecule has 4 nitrogen and oxygen atoms in total. The molecular formula is C15H21N3O. The van der Waals surface area contributed by atoms with Crippen molar-refractivity contribution in [2.45, 2.75) is 39.2 Å². The largest absolute Gasteiger partial charge is 0.339 e. The molecule has 0 aliphatic carbocycles. The average molecular weight is 259 g/mol. The van der Waals surface area contributed by atoms with Gasteiger partial charge in [-0.2, -0.15) is 4.98 Å². The molecular weight excluding hydrogens is 238 g/mol. The lowest BCUT2D eigenvalue weighted by Crippen LogP contribution is -2.25. The van der Waals surface area contributed by atoms with Crippen LogP contribution in [0, 0.1) is 0 Å². The van der Waals surface area contributed by atoms with E-state index in [0.29, 0.717) is 5.89 Å². The normalized spacial score (nSPS) is 14.3. The van der Waals surface area contributed by atoms with E-state index in [2.05, 4.69) is 53.6 Å². The summed E-state index contributed by atoms with van der Waals surface area (Å²) in [5.74, 6) is 1.62. The zero-order valence-corrected chi connectivity index (χ0v) is 11.8. The molecule has 0 radical (unpaired) electrons. The molecule has 0 fully saturated rings. The van der Waals surface area contributed by atoms with Crippen LogP contribution in [-0.2, 0) is 6.42 Å². The maximum absolute atomic E-state index is 5.36. The Hall–Kier alpha value is -1.68. The highest BCUT2D eigenvalue weighted by molar-refractivity contribution is 5.22. The number of hydrogen-bond acceptors (Lipinski definition) is 4. The van der Waals surface area contributed by atoms with Crippen LogP contribution in [0.5, 0.6) is 0 Å². The van der Waals surface area contributed by atoms with Crippen LogP contribution < -0.4 is 5.32 Å². The third-order valence-electron chi connectivity index (χ3n) is 3.27. The quantitative estimate of drug-likeness (QED) is 0.866. The minimum atomic E-state index is 0.148. The molecule has 19 heavy (non-hydrogen) atoms. The first kappa shape index (κ1) is 13.7. The smallest absolute Gasteiger partial charge is 0.231 e. The number of hydrogen-bond donors (Lipinski definition) is 1. The number of aryl methyl sites for hydroxylation is 1. The van der Waals surface area contributed by atoms with Gasteiger partial charge in [0.1, 0.15) is 0 Å². The summed E-state index contributed by atoms with van der Waals surface area (Å²) < 4.78 is 5.36. The Balaban J connectivity index is 2.23. The van der Waals surface area contributed by atoms with E-state index >= 15 is 0 Å². The summed E-state index contributed by atoms with van der Waals surface area (Å²) in [6.07, 6.45) is 0.799. The predicted octanol–water partition coefficient (Wildman–Crippen LogP) is 3.09. The minimum Gasteiger partial charge on any atom is -0.339 e. The van der Waals surface area contributed by atoms with E-state index in [1.165, 1.54) is 5.56 Å². The van der Waals surface area contributed by atoms with Crippen LogP contribution in [0.3, 0.4) is 0 Å². The van der Waals surface area contributed by atoms with Crippen molar-refractivity contribution in [1.82, 2.24) is 15.5 Å². The Morgan fingerprint density at radius 1 is 1.21 bits per heavy atom. The lowest BCUT2D eigenvalue weighted by molar-refractivity contribution is 0.325. The first-order valence-corrected chi connectivity index (χ1v) is 6.87. The summed E-state index contributed by atoms with van der Waals surface area (Å²) in [6, 6.07) is 10.6. The molecule has 2 unspecified atom stereocenters. The number of rotatable bonds is 6. The maximum Gasteiger partial charge on any atom is 0.231 e. The summed E-state index contributed by atoms with van der Waals surface area (Å²) >= 11 is 0. The highest BCUT2D eigenvalue weighted by atomic mass is 16.5. The summed E-state index contributed by atoms with van der Waals surface area (Å²) in [5.41, 5.74) is 1.24. The molecule has 0 saturated carbocycles. The van der Waals surface area contributed by atoms with Crippen molar-refractivity contribution >= 4 is 0 Å². The molecule has 0 spiro atoms. The number of nitrogens with one attached hydrogen (secondary N) is 1. The molecule has 4 heteroatoms. The Kier molecular flexibility index (Phi) is 4.68. The van der Waals surface area contributed by atoms with Crippen molar-refractivity contribution in [3.05, 3.63) is 47.6 Å². The maximum atomic E-state index is 5.36. The summed E-state index contributed by atoms with van der Waals surface area (Å²) in [5, 5.41) is 7.47. The molecule has 0 aliphatic rings. The van der Waals surface area contributed by atoms with E-state index in [0.717, 1.165) is 18.8 Å². The van der Waals surface area contributed by atoms with Gasteiger partial charge in [0.05, 0.1) is 5.92 Å². The molecule has 102 valence electrons. The van der Waals surface area contributed by atoms with Crippen molar-refractivity contribution in [2.24, 2.45) is 0 Å². The van der Waals surface area contributed by atoms with Gasteiger partial charge in [-0.3, -0.25) is 0 Å². The van der Waals surface area contributed by atoms with Crippen molar-refractivity contribution in [3.8, 4) is 0 Å². The van der Waals surface area contributed by atoms with Gasteiger partial charge >= 0.3 is 0 Å². The SMILES string of the molecule is CCNC(c1ccccc1)C(C)c1nc(CC)no1. The number of benzene rings is 1. The highest BCUT2D eigenvalue weighted by Crippen LogP contribution is 2.29. The van der Waals surface area contributed by atoms with Gasteiger partial charge in [-0.25, -0.2) is 0 Å². The molecule has 0 bridgehead atoms. The zero-order chi connectivity index (χ0) is 13.7. The molecule has 0 saturated heterocycles. The molecule has 0 amide bonds. The average Bonchev–Trinajstić information content (AvgIpc) is 2.94. The monoisotopic (exact) mass is 259 g/mol. The predicted molar refractivity (Wildman–Crippen MR) is 75.0 cm³/mol. The molecule has 1 heterocycles. The first-order chi connectivity index (χ1) is 9.26. The molecule has 0 aliphatic heterocycles. The second-order valence-corrected chi connectivity index (χ2v) is 4.64. The van der Waals surface area contributed by atoms with E-state index in [-0.39, 0.29) is 12.0 Å². The minimum absolute atomic E-state index is 0.148. The van der Waals surface area contributed by atoms with Crippen molar-refractivity contribution < 1.29 is 4.52 Å². The van der Waals surface area contributed by atoms with Crippen LogP contribution >= 0.6 is 0 Å². The lowest BCUT2D eigenvalue weighted by Gasteiger charge is -2.22. The third kappa shape index (κ3) is 3.20. The Morgan fingerprint density at radius 3 is 2.53 bits per heavy atom. The van der Waals surface area contributed by atoms with Gasteiger partial charge in [0.2, 0.25) is 5.89 Å². The lowest BCUT2D eigenvalue weighted by atomic mass is 9.94. The molecule has 2 rings (SSSR count). The second kappa shape index (κ2) is 6.48. The van der Waals surface area contributed by atoms with Gasteiger partial charge in [-0.1, -0.05) is 56.3 Å². The van der Waals surface area contributed by atoms with Crippen molar-refractivity contribution in [3.63, 3.8) is 0 Å². The fraction of sp³-hybridized carbons (Fsp3) is 0.467. The highest BCUT2D eigenvalue weighted by Gasteiger charge is 2.24. The first-order valence-electron chi connectivity index (χ1n) is 6.87. The standard InChI is InChI=1S/C15H21N3O/c1-4-13-17-15(19-18-13)11(3)14(16-5-2)12-9-7-6-8-10-12/h6-11,14,16H,4-5H2,1-3H3. The van der Waals surface area contributed by atoms with Gasteiger partial charge in [0.25, 0.3) is 0 Å². The van der Waals surface area contributed by atoms with Gasteiger partial charge in [0, 0.05) is 12.5 Å². The summed E-state index contributed by atoms with van der Waals surface area (Å²) in [6.45, 7) is 7.15. The van der Waals surface area contributed by atoms with Gasteiger partial charge < -0.3 is 9.84 Å². The van der Waals surface area contributed by atoms with Crippen LogP contribution in [0.1, 0.15) is 50.0 Å². The zero-order valence-electron chi connectivity index (χ0n) is 11.8. The van der Waals surface area contributed by atoms with E-state index in [4.69, 9.17) is 4.52 Å². The van der Waals surface area contributed by atoms with E-state index in [1.807, 2.05) is 13.0 Å². The van der Waals surface area contributed by atoms with Crippen LogP contribution in [0.25, 0.3) is 0 Å². The summed E-state index contributed by atoms with van der Waals surface area (Å²) in [7, 11) is 0. The molecule has 1 aromatic heterocycles. The molecule has 1 N–H and O–H groups in total. The van der Waals surface area contributed by atoms with Crippen LogP contribution in [0.2, 0.25) is 0 Å². The second-order valence-electron chi connectivity index (χ2n) is 4.64. The van der Waals surface area contributed by atoms with Crippen molar-refractivity contribution in [1.29, 1.82) is 0 Å². The molecule has 2 aromatic rings. The van der Waals surface area contributed by atoms with Gasteiger partial charge in [-0.15, -0.1) is 0 Å². The third-order valence-corrected chi connectivity index (χ3v) is 3.27. The number of aromatic nitrogens is 2. The van der Waals surface area contributed by atoms with E-state index < -0.39 is 0 Å². The Bertz CT molecular complexity index is 495. The van der Waals surface area contributed by atoms with Gasteiger partial charge in [0.15, 0.2) is 5.82 Å². The summed E-state index contributed by atoms with van der Waals surface area (Å²) in [4.78, 5) is 4.44. The van der Waals surface area contributed by atoms with Crippen molar-refractivity contribution in [2.75, 3.05) is 6.54 Å². The van der Waals surface area contributed by atoms with E-state index in [1.54, 1.807) is 0 Å². The van der Waals surface area contributed by atoms with Gasteiger partial charge in [-0.05, 0) is 12.1 Å².